The van der Waals surface area contributed by atoms with Crippen LogP contribution >= 0.6 is 0 Å². The molecule has 16 bridgehead atoms. The minimum Gasteiger partial charge on any atom is -0.394 e. The average molecular weight is 1420 g/mol. The van der Waals surface area contributed by atoms with E-state index in [1.54, 1.807) is 70.3 Å². The van der Waals surface area contributed by atoms with Gasteiger partial charge in [0.05, 0.1) is 39.6 Å². The van der Waals surface area contributed by atoms with Crippen molar-refractivity contribution in [2.75, 3.05) is 39.6 Å². The molecule has 556 valence electrons. The standard InChI is InChI=1S/C58H88N2O38/c61-13-21-45-30(70)38(78)54(86-21)95-47-23(15-63)88-56(40(80)32(47)72)97-49-25(17-65)90-58(42(82)34(49)74)98-50-26(18-66)89-57(41(81)33(50)73)96-48-24(16-64)87-55(39(79)31(48)71)94-46-22(14-62)85-53(37(77)29(46)69)92-44-20(12-60-9-5-2-6-10-60)83-51(35(75)27(44)67)91-43-19(11-59-7-3-1-4-8-59)84-52(93-45)36(76)28(43)68/h1-10,19-58,61-82H,11-18H2/q+2/t19-,20+,21-,22+,23-,24-,25-,26-,27-,28-,29-,30+,31-,32+,33-,34-,35-,36+,37-,38-,39-,40+,41-,42-,43-,44-,45-,46-,47-,48-,49-,50-,51-,52-,53-,54-,55-,56-,57-,58-/m1/s1. The summed E-state index contributed by atoms with van der Waals surface area (Å²) in [6.07, 6.45) is -73.5. The van der Waals surface area contributed by atoms with Gasteiger partial charge in [-0.05, 0) is 0 Å². The van der Waals surface area contributed by atoms with Crippen LogP contribution in [0, 0.1) is 0 Å². The summed E-state index contributed by atoms with van der Waals surface area (Å²) in [6.45, 7) is -6.85. The van der Waals surface area contributed by atoms with E-state index in [2.05, 4.69) is 0 Å². The molecule has 2 aromatic heterocycles. The lowest BCUT2D eigenvalue weighted by Gasteiger charge is -2.50. The molecule has 30 aliphatic heterocycles. The van der Waals surface area contributed by atoms with Crippen molar-refractivity contribution in [1.29, 1.82) is 0 Å². The Kier molecular flexibility index (Phi) is 25.4. The summed E-state index contributed by atoms with van der Waals surface area (Å²) >= 11 is 0. The molecule has 0 unspecified atom stereocenters. The van der Waals surface area contributed by atoms with Gasteiger partial charge in [-0.1, -0.05) is 12.1 Å². The van der Waals surface area contributed by atoms with E-state index in [4.69, 9.17) is 75.8 Å². The lowest BCUT2D eigenvalue weighted by molar-refractivity contribution is -0.709. The molecule has 0 amide bonds. The van der Waals surface area contributed by atoms with Gasteiger partial charge in [-0.15, -0.1) is 0 Å². The van der Waals surface area contributed by atoms with Crippen molar-refractivity contribution in [1.82, 2.24) is 0 Å². The first-order valence-electron chi connectivity index (χ1n) is 31.8. The molecule has 98 heavy (non-hydrogen) atoms. The third kappa shape index (κ3) is 15.5. The first kappa shape index (κ1) is 75.9. The van der Waals surface area contributed by atoms with Crippen molar-refractivity contribution in [3.05, 3.63) is 61.2 Å². The lowest BCUT2D eigenvalue weighted by Crippen LogP contribution is -2.69. The highest BCUT2D eigenvalue weighted by molar-refractivity contribution is 5.03. The molecule has 0 aliphatic carbocycles. The van der Waals surface area contributed by atoms with Gasteiger partial charge in [0.1, 0.15) is 195 Å². The number of nitrogens with zero attached hydrogens (tertiary/aromatic N) is 2. The number of rotatable bonds is 10. The van der Waals surface area contributed by atoms with Crippen molar-refractivity contribution in [3.63, 3.8) is 0 Å². The van der Waals surface area contributed by atoms with Gasteiger partial charge in [0.25, 0.3) is 0 Å². The van der Waals surface area contributed by atoms with E-state index >= 15 is 0 Å². The van der Waals surface area contributed by atoms with Gasteiger partial charge >= 0.3 is 0 Å². The topological polar surface area (TPSA) is 601 Å². The van der Waals surface area contributed by atoms with E-state index in [9.17, 15) is 112 Å². The number of aromatic nitrogens is 2. The van der Waals surface area contributed by atoms with Crippen LogP contribution in [-0.2, 0) is 88.9 Å². The Hall–Kier alpha value is -3.22. The van der Waals surface area contributed by atoms with E-state index in [-0.39, 0.29) is 13.1 Å². The zero-order chi connectivity index (χ0) is 70.3. The summed E-state index contributed by atoms with van der Waals surface area (Å²) in [7, 11) is 0. The third-order valence-corrected chi connectivity index (χ3v) is 18.9. The number of pyridine rings is 2. The van der Waals surface area contributed by atoms with E-state index in [1.807, 2.05) is 0 Å². The SMILES string of the molecule is OC[C@@H]1O[C@@H]2O[C@H]3[C@H](O)[C@@H](O)[C@@H](O[C@H]4[C@H](O)[C@H](O)[C@@H](O[C@H]5[C@@H](O)[C@@H](O)[C@@H](O[C@H]6[C@@H](O)[C@H](O)[C@@H](O[C@H]7[C@H](O)[C@@H](O)[C@@H](O[C@H]8[C@H](O)[C@@H](O)[C@@H](O[C@H]9[C@H](O)[C@@H](O)[C@@H](O[C@H]1[C@H](O)[C@H]2O)O[C@@H]9CO)O[C@@H]8CO)O[C@@H]7CO)O[C@@H]6CO)O[C@@H]5CO)O[C@@H]4C[n+]1ccccc1)O[C@H]3C[n+]1ccccc1. The molecule has 30 aliphatic rings. The van der Waals surface area contributed by atoms with E-state index in [1.165, 1.54) is 0 Å². The summed E-state index contributed by atoms with van der Waals surface area (Å²) < 4.78 is 97.9. The molecule has 22 N–H and O–H groups in total. The van der Waals surface area contributed by atoms with E-state index < -0.39 is 285 Å². The monoisotopic (exact) mass is 1420 g/mol. The Balaban J connectivity index is 0.889. The van der Waals surface area contributed by atoms with Gasteiger partial charge in [0, 0.05) is 24.3 Å². The third-order valence-electron chi connectivity index (χ3n) is 18.9. The van der Waals surface area contributed by atoms with Crippen LogP contribution in [0.15, 0.2) is 61.2 Å². The van der Waals surface area contributed by atoms with Crippen LogP contribution in [0.25, 0.3) is 0 Å². The van der Waals surface area contributed by atoms with Crippen LogP contribution in [0.2, 0.25) is 0 Å². The van der Waals surface area contributed by atoms with Crippen LogP contribution in [0.1, 0.15) is 0 Å². The van der Waals surface area contributed by atoms with Crippen molar-refractivity contribution in [2.45, 2.75) is 259 Å². The Morgan fingerprint density at radius 2 is 0.327 bits per heavy atom. The van der Waals surface area contributed by atoms with Gasteiger partial charge in [-0.3, -0.25) is 0 Å². The molecule has 0 aromatic carbocycles. The molecule has 32 heterocycles. The fourth-order valence-electron chi connectivity index (χ4n) is 13.4. The first-order valence-corrected chi connectivity index (χ1v) is 31.8. The van der Waals surface area contributed by atoms with Gasteiger partial charge in [0.15, 0.2) is 88.2 Å². The highest BCUT2D eigenvalue weighted by Gasteiger charge is 2.61. The molecule has 0 radical (unpaired) electrons. The Labute approximate surface area is 555 Å². The van der Waals surface area contributed by atoms with Crippen molar-refractivity contribution >= 4 is 0 Å². The highest BCUT2D eigenvalue weighted by Crippen LogP contribution is 2.40. The molecule has 0 saturated carbocycles. The quantitative estimate of drug-likeness (QED) is 0.0982. The maximum absolute atomic E-state index is 12.1. The minimum atomic E-state index is -2.24. The highest BCUT2D eigenvalue weighted by atomic mass is 16.8. The van der Waals surface area contributed by atoms with Gasteiger partial charge in [0.2, 0.25) is 0 Å². The molecule has 40 nitrogen and oxygen atoms in total. The number of hydrogen-bond acceptors (Lipinski definition) is 38. The maximum Gasteiger partial charge on any atom is 0.187 e. The number of aliphatic hydroxyl groups excluding tert-OH is 22. The fraction of sp³-hybridized carbons (Fsp3) is 0.828. The molecule has 0 spiro atoms. The number of hydrogen-bond donors (Lipinski definition) is 22. The Morgan fingerprint density at radius 3 is 0.480 bits per heavy atom. The molecule has 32 rings (SSSR count). The molecule has 40 atom stereocenters. The molecule has 40 heteroatoms. The van der Waals surface area contributed by atoms with Crippen LogP contribution in [0.4, 0.5) is 0 Å². The second kappa shape index (κ2) is 32.8. The molecule has 2 aromatic rings. The maximum atomic E-state index is 12.1. The number of ether oxygens (including phenoxy) is 16. The summed E-state index contributed by atoms with van der Waals surface area (Å²) in [5.41, 5.74) is 0. The van der Waals surface area contributed by atoms with Crippen LogP contribution in [0.5, 0.6) is 0 Å². The minimum absolute atomic E-state index is 0.246. The Morgan fingerprint density at radius 1 is 0.184 bits per heavy atom. The van der Waals surface area contributed by atoms with Crippen LogP contribution in [0.3, 0.4) is 0 Å². The lowest BCUT2D eigenvalue weighted by atomic mass is 9.94. The van der Waals surface area contributed by atoms with Gasteiger partial charge in [-0.2, -0.15) is 0 Å². The second-order valence-corrected chi connectivity index (χ2v) is 25.2. The van der Waals surface area contributed by atoms with Crippen LogP contribution < -0.4 is 9.13 Å². The smallest absolute Gasteiger partial charge is 0.187 e. The van der Waals surface area contributed by atoms with Crippen LogP contribution in [-0.4, -0.2) is 398 Å². The zero-order valence-electron chi connectivity index (χ0n) is 51.8. The van der Waals surface area contributed by atoms with Gasteiger partial charge < -0.3 is 188 Å². The zero-order valence-corrected chi connectivity index (χ0v) is 51.8. The molecular weight excluding hydrogens is 1330 g/mol. The predicted molar refractivity (Wildman–Crippen MR) is 300 cm³/mol. The normalized spacial score (nSPS) is 50.8. The number of aliphatic hydroxyl groups is 22. The first-order chi connectivity index (χ1) is 46.9. The largest absolute Gasteiger partial charge is 0.394 e. The summed E-state index contributed by atoms with van der Waals surface area (Å²) in [4.78, 5) is 0. The summed E-state index contributed by atoms with van der Waals surface area (Å²) in [5.74, 6) is 0. The second-order valence-electron chi connectivity index (χ2n) is 25.2. The molecule has 30 saturated heterocycles. The average Bonchev–Trinajstić information content (AvgIpc) is 0.777. The van der Waals surface area contributed by atoms with E-state index in [0.717, 1.165) is 0 Å². The van der Waals surface area contributed by atoms with E-state index in [0.29, 0.717) is 0 Å². The molecule has 30 fully saturated rings. The predicted octanol–water partition coefficient (Wildman–Crippen LogP) is -15.4. The molecular formula is C58H88N2O38+2. The summed E-state index contributed by atoms with van der Waals surface area (Å²) in [6, 6.07) is 9.88. The Bertz CT molecular complexity index is 2720. The van der Waals surface area contributed by atoms with Crippen molar-refractivity contribution < 1.29 is 197 Å². The van der Waals surface area contributed by atoms with Gasteiger partial charge in [-0.25, -0.2) is 9.13 Å². The summed E-state index contributed by atoms with van der Waals surface area (Å²) in [5, 5.41) is 250. The fourth-order valence-corrected chi connectivity index (χ4v) is 13.4. The van der Waals surface area contributed by atoms with Crippen molar-refractivity contribution in [2.24, 2.45) is 0 Å². The van der Waals surface area contributed by atoms with Crippen molar-refractivity contribution in [3.8, 4) is 0 Å².